The maximum absolute atomic E-state index is 11.6. The summed E-state index contributed by atoms with van der Waals surface area (Å²) in [6.07, 6.45) is 2.21. The maximum atomic E-state index is 11.6. The van der Waals surface area contributed by atoms with Crippen molar-refractivity contribution in [2.24, 2.45) is 0 Å². The number of carbonyl (C=O) groups excluding carboxylic acids is 1. The average molecular weight is 175 g/mol. The van der Waals surface area contributed by atoms with E-state index in [1.807, 2.05) is 30.3 Å². The van der Waals surface area contributed by atoms with Gasteiger partial charge in [0, 0.05) is 11.1 Å². The monoisotopic (exact) mass is 175 g/mol. The van der Waals surface area contributed by atoms with Gasteiger partial charge in [-0.25, -0.2) is 0 Å². The fourth-order valence-electron chi connectivity index (χ4n) is 1.25. The van der Waals surface area contributed by atoms with Crippen molar-refractivity contribution in [3.05, 3.63) is 35.9 Å². The Labute approximate surface area is 78.0 Å². The summed E-state index contributed by atoms with van der Waals surface area (Å²) < 4.78 is 0. The largest absolute Gasteiger partial charge is 0.347 e. The Morgan fingerprint density at radius 3 is 2.46 bits per heavy atom. The first kappa shape index (κ1) is 8.30. The summed E-state index contributed by atoms with van der Waals surface area (Å²) in [5, 5.41) is 3.01. The van der Waals surface area contributed by atoms with Gasteiger partial charge in [0.1, 0.15) is 0 Å². The third-order valence-corrected chi connectivity index (χ3v) is 2.45. The summed E-state index contributed by atoms with van der Waals surface area (Å²) in [6, 6.07) is 9.34. The average Bonchev–Trinajstić information content (AvgIpc) is 2.85. The Bertz CT molecular complexity index is 314. The quantitative estimate of drug-likeness (QED) is 0.731. The topological polar surface area (TPSA) is 29.1 Å². The number of benzene rings is 1. The van der Waals surface area contributed by atoms with Gasteiger partial charge in [-0.05, 0) is 31.9 Å². The Hall–Kier alpha value is -1.31. The molecule has 0 spiro atoms. The van der Waals surface area contributed by atoms with Crippen molar-refractivity contribution >= 4 is 5.91 Å². The first-order chi connectivity index (χ1) is 6.20. The fraction of sp³-hybridized carbons (Fsp3) is 0.364. The van der Waals surface area contributed by atoms with E-state index >= 15 is 0 Å². The van der Waals surface area contributed by atoms with Crippen molar-refractivity contribution in [3.8, 4) is 0 Å². The molecule has 0 unspecified atom stereocenters. The molecule has 0 aromatic heterocycles. The summed E-state index contributed by atoms with van der Waals surface area (Å²) in [4.78, 5) is 11.6. The molecular formula is C11H13NO. The van der Waals surface area contributed by atoms with Gasteiger partial charge in [0.05, 0.1) is 0 Å². The van der Waals surface area contributed by atoms with Crippen LogP contribution in [0.4, 0.5) is 0 Å². The molecular weight excluding hydrogens is 162 g/mol. The Balaban J connectivity index is 2.06. The lowest BCUT2D eigenvalue weighted by Crippen LogP contribution is -2.34. The highest BCUT2D eigenvalue weighted by Gasteiger charge is 2.38. The molecule has 1 aliphatic carbocycles. The molecule has 0 atom stereocenters. The smallest absolute Gasteiger partial charge is 0.251 e. The SMILES string of the molecule is CC1(NC(=O)c2ccccc2)CC1. The van der Waals surface area contributed by atoms with Gasteiger partial charge in [0.15, 0.2) is 0 Å². The van der Waals surface area contributed by atoms with E-state index in [0.29, 0.717) is 0 Å². The van der Waals surface area contributed by atoms with Gasteiger partial charge in [-0.2, -0.15) is 0 Å². The summed E-state index contributed by atoms with van der Waals surface area (Å²) in [5.74, 6) is 0.0422. The molecule has 2 heteroatoms. The molecule has 13 heavy (non-hydrogen) atoms. The van der Waals surface area contributed by atoms with Crippen LogP contribution in [0, 0.1) is 0 Å². The van der Waals surface area contributed by atoms with Crippen LogP contribution in [-0.4, -0.2) is 11.4 Å². The van der Waals surface area contributed by atoms with Crippen LogP contribution in [0.15, 0.2) is 30.3 Å². The summed E-state index contributed by atoms with van der Waals surface area (Å²) >= 11 is 0. The Kier molecular flexibility index (Phi) is 1.83. The minimum atomic E-state index is 0.0422. The van der Waals surface area contributed by atoms with E-state index in [9.17, 15) is 4.79 Å². The first-order valence-electron chi connectivity index (χ1n) is 4.57. The van der Waals surface area contributed by atoms with Crippen molar-refractivity contribution in [1.29, 1.82) is 0 Å². The number of hydrogen-bond donors (Lipinski definition) is 1. The standard InChI is InChI=1S/C11H13NO/c1-11(7-8-11)12-10(13)9-5-3-2-4-6-9/h2-6H,7-8H2,1H3,(H,12,13). The molecule has 68 valence electrons. The molecule has 1 amide bonds. The van der Waals surface area contributed by atoms with Crippen molar-refractivity contribution < 1.29 is 4.79 Å². The van der Waals surface area contributed by atoms with E-state index in [1.165, 1.54) is 0 Å². The second kappa shape index (κ2) is 2.87. The van der Waals surface area contributed by atoms with Crippen LogP contribution in [-0.2, 0) is 0 Å². The Morgan fingerprint density at radius 2 is 1.92 bits per heavy atom. The molecule has 0 radical (unpaired) electrons. The van der Waals surface area contributed by atoms with Crippen LogP contribution in [0.2, 0.25) is 0 Å². The summed E-state index contributed by atoms with van der Waals surface area (Å²) in [6.45, 7) is 2.08. The van der Waals surface area contributed by atoms with Crippen LogP contribution in [0.3, 0.4) is 0 Å². The van der Waals surface area contributed by atoms with Crippen LogP contribution in [0.25, 0.3) is 0 Å². The molecule has 1 aromatic carbocycles. The van der Waals surface area contributed by atoms with E-state index in [4.69, 9.17) is 0 Å². The van der Waals surface area contributed by atoms with Gasteiger partial charge in [-0.3, -0.25) is 4.79 Å². The van der Waals surface area contributed by atoms with Crippen molar-refractivity contribution in [1.82, 2.24) is 5.32 Å². The maximum Gasteiger partial charge on any atom is 0.251 e. The lowest BCUT2D eigenvalue weighted by Gasteiger charge is -2.10. The molecule has 2 rings (SSSR count). The molecule has 1 aromatic rings. The molecule has 1 fully saturated rings. The molecule has 1 N–H and O–H groups in total. The zero-order chi connectivity index (χ0) is 9.31. The first-order valence-corrected chi connectivity index (χ1v) is 4.57. The highest BCUT2D eigenvalue weighted by molar-refractivity contribution is 5.94. The predicted molar refractivity (Wildman–Crippen MR) is 51.5 cm³/mol. The highest BCUT2D eigenvalue weighted by Crippen LogP contribution is 2.34. The lowest BCUT2D eigenvalue weighted by atomic mass is 10.2. The summed E-state index contributed by atoms with van der Waals surface area (Å²) in [7, 11) is 0. The van der Waals surface area contributed by atoms with Crippen LogP contribution in [0.5, 0.6) is 0 Å². The van der Waals surface area contributed by atoms with E-state index < -0.39 is 0 Å². The molecule has 0 bridgehead atoms. The molecule has 0 aliphatic heterocycles. The van der Waals surface area contributed by atoms with Gasteiger partial charge in [-0.1, -0.05) is 18.2 Å². The van der Waals surface area contributed by atoms with Crippen LogP contribution < -0.4 is 5.32 Å². The van der Waals surface area contributed by atoms with Crippen LogP contribution >= 0.6 is 0 Å². The molecule has 0 heterocycles. The normalized spacial score (nSPS) is 17.9. The predicted octanol–water partition coefficient (Wildman–Crippen LogP) is 1.97. The number of rotatable bonds is 2. The highest BCUT2D eigenvalue weighted by atomic mass is 16.1. The summed E-state index contributed by atoms with van der Waals surface area (Å²) in [5.41, 5.74) is 0.822. The molecule has 2 nitrogen and oxygen atoms in total. The molecule has 1 aliphatic rings. The molecule has 1 saturated carbocycles. The number of nitrogens with one attached hydrogen (secondary N) is 1. The van der Waals surface area contributed by atoms with Crippen LogP contribution in [0.1, 0.15) is 30.1 Å². The van der Waals surface area contributed by atoms with Gasteiger partial charge in [0.2, 0.25) is 0 Å². The number of hydrogen-bond acceptors (Lipinski definition) is 1. The van der Waals surface area contributed by atoms with Crippen molar-refractivity contribution in [3.63, 3.8) is 0 Å². The van der Waals surface area contributed by atoms with Gasteiger partial charge in [-0.15, -0.1) is 0 Å². The number of carbonyl (C=O) groups is 1. The Morgan fingerprint density at radius 1 is 1.31 bits per heavy atom. The van der Waals surface area contributed by atoms with E-state index in [2.05, 4.69) is 12.2 Å². The molecule has 0 saturated heterocycles. The minimum absolute atomic E-state index is 0.0422. The second-order valence-corrected chi connectivity index (χ2v) is 3.88. The van der Waals surface area contributed by atoms with Gasteiger partial charge >= 0.3 is 0 Å². The second-order valence-electron chi connectivity index (χ2n) is 3.88. The lowest BCUT2D eigenvalue weighted by molar-refractivity contribution is 0.0935. The van der Waals surface area contributed by atoms with Crippen molar-refractivity contribution in [2.45, 2.75) is 25.3 Å². The minimum Gasteiger partial charge on any atom is -0.347 e. The fourth-order valence-corrected chi connectivity index (χ4v) is 1.25. The number of amides is 1. The van der Waals surface area contributed by atoms with E-state index in [-0.39, 0.29) is 11.4 Å². The third kappa shape index (κ3) is 1.89. The zero-order valence-corrected chi connectivity index (χ0v) is 7.71. The van der Waals surface area contributed by atoms with Gasteiger partial charge in [0.25, 0.3) is 5.91 Å². The third-order valence-electron chi connectivity index (χ3n) is 2.45. The van der Waals surface area contributed by atoms with Crippen molar-refractivity contribution in [2.75, 3.05) is 0 Å². The zero-order valence-electron chi connectivity index (χ0n) is 7.71. The van der Waals surface area contributed by atoms with E-state index in [0.717, 1.165) is 18.4 Å². The van der Waals surface area contributed by atoms with Gasteiger partial charge < -0.3 is 5.32 Å². The van der Waals surface area contributed by atoms with E-state index in [1.54, 1.807) is 0 Å².